The summed E-state index contributed by atoms with van der Waals surface area (Å²) >= 11 is 1.23. The Bertz CT molecular complexity index is 764. The third-order valence-electron chi connectivity index (χ3n) is 3.73. The van der Waals surface area contributed by atoms with E-state index in [0.717, 1.165) is 12.2 Å². The smallest absolute Gasteiger partial charge is 0.318 e. The zero-order valence-electron chi connectivity index (χ0n) is 15.7. The maximum atomic E-state index is 11.9. The Morgan fingerprint density at radius 3 is 2.56 bits per heavy atom. The quantitative estimate of drug-likeness (QED) is 0.635. The lowest BCUT2D eigenvalue weighted by Gasteiger charge is -2.14. The number of nitrogens with one attached hydrogen (secondary N) is 1. The Balaban J connectivity index is 2.12. The van der Waals surface area contributed by atoms with Crippen LogP contribution in [0, 0.1) is 5.92 Å². The number of rotatable bonds is 9. The van der Waals surface area contributed by atoms with E-state index in [2.05, 4.69) is 29.4 Å². The van der Waals surface area contributed by atoms with Gasteiger partial charge in [-0.05, 0) is 31.4 Å². The van der Waals surface area contributed by atoms with Crippen LogP contribution >= 0.6 is 11.8 Å². The topological polar surface area (TPSA) is 112 Å². The SMILES string of the molecule is CC(C)CCn1c(COc2ccccc2)nnc1SC(C)C(=O)NC(N)=O. The van der Waals surface area contributed by atoms with E-state index >= 15 is 0 Å². The van der Waals surface area contributed by atoms with Crippen molar-refractivity contribution in [2.24, 2.45) is 11.7 Å². The van der Waals surface area contributed by atoms with Gasteiger partial charge in [0.1, 0.15) is 12.4 Å². The van der Waals surface area contributed by atoms with Crippen molar-refractivity contribution < 1.29 is 14.3 Å². The van der Waals surface area contributed by atoms with E-state index in [1.54, 1.807) is 6.92 Å². The summed E-state index contributed by atoms with van der Waals surface area (Å²) in [5.74, 6) is 1.47. The van der Waals surface area contributed by atoms with Gasteiger partial charge in [-0.2, -0.15) is 0 Å². The van der Waals surface area contributed by atoms with E-state index in [1.807, 2.05) is 34.9 Å². The summed E-state index contributed by atoms with van der Waals surface area (Å²) in [5.41, 5.74) is 5.00. The molecule has 8 nitrogen and oxygen atoms in total. The van der Waals surface area contributed by atoms with Crippen LogP contribution in [0.15, 0.2) is 35.5 Å². The first-order valence-corrected chi connectivity index (χ1v) is 9.61. The van der Waals surface area contributed by atoms with Gasteiger partial charge in [-0.1, -0.05) is 43.8 Å². The van der Waals surface area contributed by atoms with E-state index in [9.17, 15) is 9.59 Å². The number of urea groups is 1. The molecule has 0 aliphatic heterocycles. The Kier molecular flexibility index (Phi) is 7.66. The van der Waals surface area contributed by atoms with Crippen molar-refractivity contribution >= 4 is 23.7 Å². The number of imide groups is 1. The molecule has 2 rings (SSSR count). The zero-order chi connectivity index (χ0) is 19.8. The maximum Gasteiger partial charge on any atom is 0.318 e. The predicted octanol–water partition coefficient (Wildman–Crippen LogP) is 2.58. The molecule has 0 radical (unpaired) electrons. The van der Waals surface area contributed by atoms with Gasteiger partial charge in [0.15, 0.2) is 11.0 Å². The van der Waals surface area contributed by atoms with Crippen molar-refractivity contribution in [2.75, 3.05) is 0 Å². The molecule has 0 aliphatic rings. The molecule has 9 heteroatoms. The summed E-state index contributed by atoms with van der Waals surface area (Å²) in [6, 6.07) is 8.61. The molecule has 0 saturated carbocycles. The van der Waals surface area contributed by atoms with Gasteiger partial charge in [-0.3, -0.25) is 10.1 Å². The molecule has 0 fully saturated rings. The van der Waals surface area contributed by atoms with Crippen molar-refractivity contribution in [1.29, 1.82) is 0 Å². The molecule has 3 amide bonds. The zero-order valence-corrected chi connectivity index (χ0v) is 16.5. The second-order valence-electron chi connectivity index (χ2n) is 6.45. The van der Waals surface area contributed by atoms with Crippen LogP contribution < -0.4 is 15.8 Å². The molecule has 0 aliphatic carbocycles. The average molecular weight is 391 g/mol. The standard InChI is InChI=1S/C18H25N5O3S/c1-12(2)9-10-23-15(11-26-14-7-5-4-6-8-14)21-22-18(23)27-13(3)16(24)20-17(19)25/h4-8,12-13H,9-11H2,1-3H3,(H3,19,20,24,25). The molecule has 1 unspecified atom stereocenters. The van der Waals surface area contributed by atoms with Crippen LogP contribution in [0.4, 0.5) is 4.79 Å². The van der Waals surface area contributed by atoms with Crippen molar-refractivity contribution in [3.05, 3.63) is 36.2 Å². The van der Waals surface area contributed by atoms with Crippen molar-refractivity contribution in [1.82, 2.24) is 20.1 Å². The number of amides is 3. The Hall–Kier alpha value is -2.55. The number of aromatic nitrogens is 3. The number of carbonyl (C=O) groups is 2. The minimum absolute atomic E-state index is 0.275. The minimum atomic E-state index is -0.870. The van der Waals surface area contributed by atoms with Crippen molar-refractivity contribution in [3.8, 4) is 5.75 Å². The number of hydrogen-bond donors (Lipinski definition) is 2. The van der Waals surface area contributed by atoms with E-state index in [1.165, 1.54) is 11.8 Å². The molecule has 1 atom stereocenters. The number of nitrogens with zero attached hydrogens (tertiary/aromatic N) is 3. The van der Waals surface area contributed by atoms with Crippen LogP contribution in [0.1, 0.15) is 33.0 Å². The molecule has 1 heterocycles. The monoisotopic (exact) mass is 391 g/mol. The lowest BCUT2D eigenvalue weighted by atomic mass is 10.1. The van der Waals surface area contributed by atoms with Gasteiger partial charge in [0.25, 0.3) is 0 Å². The number of para-hydroxylation sites is 1. The van der Waals surface area contributed by atoms with E-state index in [-0.39, 0.29) is 6.61 Å². The van der Waals surface area contributed by atoms with E-state index in [4.69, 9.17) is 10.5 Å². The molecule has 146 valence electrons. The summed E-state index contributed by atoms with van der Waals surface area (Å²) < 4.78 is 7.74. The van der Waals surface area contributed by atoms with Crippen molar-refractivity contribution in [2.45, 2.75) is 50.8 Å². The van der Waals surface area contributed by atoms with Gasteiger partial charge in [0.2, 0.25) is 5.91 Å². The molecule has 0 saturated heterocycles. The van der Waals surface area contributed by atoms with Gasteiger partial charge in [-0.25, -0.2) is 4.79 Å². The van der Waals surface area contributed by atoms with Gasteiger partial charge < -0.3 is 15.0 Å². The number of nitrogens with two attached hydrogens (primary N) is 1. The van der Waals surface area contributed by atoms with Gasteiger partial charge >= 0.3 is 6.03 Å². The summed E-state index contributed by atoms with van der Waals surface area (Å²) in [7, 11) is 0. The minimum Gasteiger partial charge on any atom is -0.486 e. The molecule has 0 spiro atoms. The fourth-order valence-corrected chi connectivity index (χ4v) is 3.12. The number of primary amides is 1. The second-order valence-corrected chi connectivity index (χ2v) is 7.76. The van der Waals surface area contributed by atoms with E-state index in [0.29, 0.717) is 23.4 Å². The molecule has 1 aromatic heterocycles. The predicted molar refractivity (Wildman–Crippen MR) is 103 cm³/mol. The summed E-state index contributed by atoms with van der Waals surface area (Å²) in [6.45, 7) is 6.95. The van der Waals surface area contributed by atoms with Gasteiger partial charge in [-0.15, -0.1) is 10.2 Å². The Morgan fingerprint density at radius 1 is 1.22 bits per heavy atom. The molecule has 27 heavy (non-hydrogen) atoms. The second kappa shape index (κ2) is 9.96. The van der Waals surface area contributed by atoms with Gasteiger partial charge in [0, 0.05) is 6.54 Å². The fraction of sp³-hybridized carbons (Fsp3) is 0.444. The number of thioether (sulfide) groups is 1. The molecule has 2 aromatic rings. The Labute approximate surface area is 162 Å². The van der Waals surface area contributed by atoms with Crippen molar-refractivity contribution in [3.63, 3.8) is 0 Å². The normalized spacial score (nSPS) is 12.0. The highest BCUT2D eigenvalue weighted by atomic mass is 32.2. The highest BCUT2D eigenvalue weighted by molar-refractivity contribution is 8.00. The van der Waals surface area contributed by atoms with E-state index < -0.39 is 17.2 Å². The third-order valence-corrected chi connectivity index (χ3v) is 4.81. The first-order chi connectivity index (χ1) is 12.9. The summed E-state index contributed by atoms with van der Waals surface area (Å²) in [6.07, 6.45) is 0.936. The van der Waals surface area contributed by atoms with Crippen LogP contribution in [0.3, 0.4) is 0 Å². The number of ether oxygens (including phenoxy) is 1. The molecular weight excluding hydrogens is 366 g/mol. The largest absolute Gasteiger partial charge is 0.486 e. The summed E-state index contributed by atoms with van der Waals surface area (Å²) in [4.78, 5) is 22.8. The molecular formula is C18H25N5O3S. The van der Waals surface area contributed by atoms with Crippen LogP contribution in [0.2, 0.25) is 0 Å². The number of carbonyl (C=O) groups excluding carboxylic acids is 2. The van der Waals surface area contributed by atoms with Crippen LogP contribution in [-0.2, 0) is 17.9 Å². The number of hydrogen-bond acceptors (Lipinski definition) is 6. The molecule has 0 bridgehead atoms. The number of benzene rings is 1. The first-order valence-electron chi connectivity index (χ1n) is 8.73. The third kappa shape index (κ3) is 6.59. The maximum absolute atomic E-state index is 11.9. The Morgan fingerprint density at radius 2 is 1.93 bits per heavy atom. The fourth-order valence-electron chi connectivity index (χ4n) is 2.22. The van der Waals surface area contributed by atoms with Crippen LogP contribution in [-0.4, -0.2) is 32.0 Å². The lowest BCUT2D eigenvalue weighted by Crippen LogP contribution is -2.39. The lowest BCUT2D eigenvalue weighted by molar-refractivity contribution is -0.119. The average Bonchev–Trinajstić information content (AvgIpc) is 3.00. The van der Waals surface area contributed by atoms with Crippen LogP contribution in [0.5, 0.6) is 5.75 Å². The summed E-state index contributed by atoms with van der Waals surface area (Å²) in [5, 5.41) is 10.6. The molecule has 3 N–H and O–H groups in total. The first kappa shape index (κ1) is 20.8. The highest BCUT2D eigenvalue weighted by Crippen LogP contribution is 2.24. The van der Waals surface area contributed by atoms with Gasteiger partial charge in [0.05, 0.1) is 5.25 Å². The molecule has 1 aromatic carbocycles. The highest BCUT2D eigenvalue weighted by Gasteiger charge is 2.21. The van der Waals surface area contributed by atoms with Crippen LogP contribution in [0.25, 0.3) is 0 Å².